The van der Waals surface area contributed by atoms with Crippen LogP contribution < -0.4 is 0 Å². The smallest absolute Gasteiger partial charge is 0.416 e. The monoisotopic (exact) mass is 534 g/mol. The lowest BCUT2D eigenvalue weighted by molar-refractivity contribution is -0.0883. The van der Waals surface area contributed by atoms with Gasteiger partial charge in [0.2, 0.25) is 0 Å². The minimum atomic E-state index is -4.39. The molecule has 0 aliphatic carbocycles. The Kier molecular flexibility index (Phi) is 12.4. The fourth-order valence-electron chi connectivity index (χ4n) is 4.30. The molecular formula is C31H45F3N2O2. The number of carbonyl (C=O) groups is 1. The van der Waals surface area contributed by atoms with Crippen molar-refractivity contribution in [2.75, 3.05) is 13.1 Å². The third-order valence-corrected chi connectivity index (χ3v) is 6.14. The molecule has 0 saturated carbocycles. The molecule has 2 aromatic rings. The molecule has 38 heavy (non-hydrogen) atoms. The molecule has 1 amide bonds. The third kappa shape index (κ3) is 9.10. The van der Waals surface area contributed by atoms with Gasteiger partial charge in [0, 0.05) is 36.2 Å². The van der Waals surface area contributed by atoms with Crippen molar-refractivity contribution in [2.24, 2.45) is 0 Å². The van der Waals surface area contributed by atoms with E-state index in [2.05, 4.69) is 24.1 Å². The summed E-state index contributed by atoms with van der Waals surface area (Å²) in [6.45, 7) is 22.5. The standard InChI is InChI=1S/C29H39F3N2O2.C2H6/c1-9-23(29(30,31)32)16-15-20(3)19-34-22(5)26(24-13-11-12-14-25(24)34)21(4)17-18-33(10-2)27(35)36-28(6,7)8;1-2/h9,11-16,21H,3,10,17-19H2,1-2,4-8H3;1-2H3/b16-15-,23-9+;. The molecule has 0 bridgehead atoms. The number of fused-ring (bicyclic) bond motifs is 1. The molecule has 1 unspecified atom stereocenters. The van der Waals surface area contributed by atoms with Crippen LogP contribution in [0.3, 0.4) is 0 Å². The minimum Gasteiger partial charge on any atom is -0.444 e. The maximum Gasteiger partial charge on any atom is 0.416 e. The first-order valence-electron chi connectivity index (χ1n) is 13.3. The highest BCUT2D eigenvalue weighted by molar-refractivity contribution is 5.86. The number of ether oxygens (including phenoxy) is 1. The largest absolute Gasteiger partial charge is 0.444 e. The molecule has 0 N–H and O–H groups in total. The number of rotatable bonds is 9. The van der Waals surface area contributed by atoms with E-state index >= 15 is 0 Å². The van der Waals surface area contributed by atoms with E-state index in [-0.39, 0.29) is 12.0 Å². The van der Waals surface area contributed by atoms with Crippen LogP contribution in [0.1, 0.15) is 79.0 Å². The molecule has 7 heteroatoms. The second-order valence-electron chi connectivity index (χ2n) is 10.1. The quantitative estimate of drug-likeness (QED) is 0.300. The van der Waals surface area contributed by atoms with Crippen LogP contribution in [0.2, 0.25) is 0 Å². The molecule has 0 saturated heterocycles. The summed E-state index contributed by atoms with van der Waals surface area (Å²) in [4.78, 5) is 14.3. The lowest BCUT2D eigenvalue weighted by Crippen LogP contribution is -2.37. The summed E-state index contributed by atoms with van der Waals surface area (Å²) in [6.07, 6.45) is -0.409. The Morgan fingerprint density at radius 1 is 1.16 bits per heavy atom. The molecule has 212 valence electrons. The number of benzene rings is 1. The molecule has 0 fully saturated rings. The highest BCUT2D eigenvalue weighted by Gasteiger charge is 2.31. The Balaban J connectivity index is 0.00000352. The topological polar surface area (TPSA) is 34.5 Å². The number of hydrogen-bond acceptors (Lipinski definition) is 2. The predicted molar refractivity (Wildman–Crippen MR) is 153 cm³/mol. The molecule has 1 aromatic carbocycles. The molecule has 0 radical (unpaired) electrons. The summed E-state index contributed by atoms with van der Waals surface area (Å²) in [5.74, 6) is 0.149. The summed E-state index contributed by atoms with van der Waals surface area (Å²) >= 11 is 0. The third-order valence-electron chi connectivity index (χ3n) is 6.14. The van der Waals surface area contributed by atoms with Gasteiger partial charge in [0.15, 0.2) is 0 Å². The number of amides is 1. The van der Waals surface area contributed by atoms with Crippen molar-refractivity contribution in [1.82, 2.24) is 9.47 Å². The first-order valence-corrected chi connectivity index (χ1v) is 13.3. The normalized spacial score (nSPS) is 13.3. The van der Waals surface area contributed by atoms with Gasteiger partial charge in [0.05, 0.1) is 5.57 Å². The van der Waals surface area contributed by atoms with Crippen molar-refractivity contribution >= 4 is 17.0 Å². The number of allylic oxidation sites excluding steroid dienone is 5. The van der Waals surface area contributed by atoms with Gasteiger partial charge in [-0.1, -0.05) is 63.8 Å². The number of hydrogen-bond donors (Lipinski definition) is 0. The van der Waals surface area contributed by atoms with Gasteiger partial charge in [-0.05, 0) is 71.1 Å². The van der Waals surface area contributed by atoms with E-state index in [0.29, 0.717) is 25.2 Å². The van der Waals surface area contributed by atoms with Crippen molar-refractivity contribution in [1.29, 1.82) is 0 Å². The molecule has 1 heterocycles. The molecule has 1 aromatic heterocycles. The van der Waals surface area contributed by atoms with Crippen LogP contribution in [0.5, 0.6) is 0 Å². The minimum absolute atomic E-state index is 0.149. The van der Waals surface area contributed by atoms with Gasteiger partial charge in [0.25, 0.3) is 0 Å². The van der Waals surface area contributed by atoms with Crippen LogP contribution in [0, 0.1) is 6.92 Å². The van der Waals surface area contributed by atoms with Gasteiger partial charge in [-0.15, -0.1) is 0 Å². The number of carbonyl (C=O) groups excluding carboxylic acids is 1. The Morgan fingerprint density at radius 3 is 2.29 bits per heavy atom. The van der Waals surface area contributed by atoms with Crippen LogP contribution in [0.15, 0.2) is 60.2 Å². The molecule has 0 aliphatic heterocycles. The Labute approximate surface area is 226 Å². The van der Waals surface area contributed by atoms with Crippen molar-refractivity contribution in [3.05, 3.63) is 71.5 Å². The molecule has 2 rings (SSSR count). The van der Waals surface area contributed by atoms with E-state index in [9.17, 15) is 18.0 Å². The molecule has 0 spiro atoms. The summed E-state index contributed by atoms with van der Waals surface area (Å²) in [5, 5.41) is 1.10. The van der Waals surface area contributed by atoms with Gasteiger partial charge in [0.1, 0.15) is 5.60 Å². The van der Waals surface area contributed by atoms with Crippen LogP contribution in [0.4, 0.5) is 18.0 Å². The second-order valence-corrected chi connectivity index (χ2v) is 10.1. The number of aromatic nitrogens is 1. The van der Waals surface area contributed by atoms with Crippen molar-refractivity contribution < 1.29 is 22.7 Å². The van der Waals surface area contributed by atoms with E-state index in [1.807, 2.05) is 66.7 Å². The summed E-state index contributed by atoms with van der Waals surface area (Å²) in [6, 6.07) is 8.02. The fourth-order valence-corrected chi connectivity index (χ4v) is 4.30. The van der Waals surface area contributed by atoms with Crippen LogP contribution >= 0.6 is 0 Å². The summed E-state index contributed by atoms with van der Waals surface area (Å²) in [5.41, 5.74) is 2.55. The average Bonchev–Trinajstić information content (AvgIpc) is 3.10. The van der Waals surface area contributed by atoms with Gasteiger partial charge >= 0.3 is 12.3 Å². The number of para-hydroxylation sites is 1. The first kappa shape index (κ1) is 33.1. The van der Waals surface area contributed by atoms with Crippen molar-refractivity contribution in [3.63, 3.8) is 0 Å². The Morgan fingerprint density at radius 2 is 1.76 bits per heavy atom. The van der Waals surface area contributed by atoms with Gasteiger partial charge in [-0.2, -0.15) is 13.2 Å². The predicted octanol–water partition coefficient (Wildman–Crippen LogP) is 9.35. The first-order chi connectivity index (χ1) is 17.7. The maximum absolute atomic E-state index is 13.1. The SMILES string of the molecule is C=C(/C=C\C(=C/C)C(F)(F)F)Cn1c(C)c(C(C)CCN(CC)C(=O)OC(C)(C)C)c2ccccc21.CC. The lowest BCUT2D eigenvalue weighted by atomic mass is 9.94. The number of halogens is 3. The summed E-state index contributed by atoms with van der Waals surface area (Å²) < 4.78 is 46.8. The number of alkyl halides is 3. The zero-order chi connectivity index (χ0) is 29.3. The van der Waals surface area contributed by atoms with Crippen LogP contribution in [-0.4, -0.2) is 40.4 Å². The maximum atomic E-state index is 13.1. The molecule has 1 atom stereocenters. The van der Waals surface area contributed by atoms with E-state index < -0.39 is 17.4 Å². The highest BCUT2D eigenvalue weighted by Crippen LogP contribution is 2.34. The molecular weight excluding hydrogens is 489 g/mol. The van der Waals surface area contributed by atoms with E-state index in [0.717, 1.165) is 35.2 Å². The summed E-state index contributed by atoms with van der Waals surface area (Å²) in [7, 11) is 0. The van der Waals surface area contributed by atoms with Crippen LogP contribution in [-0.2, 0) is 11.3 Å². The van der Waals surface area contributed by atoms with Crippen molar-refractivity contribution in [2.45, 2.75) is 93.0 Å². The van der Waals surface area contributed by atoms with Gasteiger partial charge in [-0.3, -0.25) is 0 Å². The average molecular weight is 535 g/mol. The molecule has 0 aliphatic rings. The van der Waals surface area contributed by atoms with Gasteiger partial charge in [-0.25, -0.2) is 4.79 Å². The Hall–Kier alpha value is -2.96. The zero-order valence-electron chi connectivity index (χ0n) is 24.5. The fraction of sp³-hybridized carbons (Fsp3) is 0.516. The second kappa shape index (κ2) is 14.3. The van der Waals surface area contributed by atoms with Crippen LogP contribution in [0.25, 0.3) is 10.9 Å². The van der Waals surface area contributed by atoms with E-state index in [1.54, 1.807) is 4.90 Å². The van der Waals surface area contributed by atoms with E-state index in [1.165, 1.54) is 18.6 Å². The van der Waals surface area contributed by atoms with E-state index in [4.69, 9.17) is 4.74 Å². The zero-order valence-corrected chi connectivity index (χ0v) is 24.5. The highest BCUT2D eigenvalue weighted by atomic mass is 19.4. The van der Waals surface area contributed by atoms with Gasteiger partial charge < -0.3 is 14.2 Å². The van der Waals surface area contributed by atoms with Crippen molar-refractivity contribution in [3.8, 4) is 0 Å². The molecule has 4 nitrogen and oxygen atoms in total. The Bertz CT molecular complexity index is 1130. The lowest BCUT2D eigenvalue weighted by Gasteiger charge is -2.27. The number of nitrogens with zero attached hydrogens (tertiary/aromatic N) is 2.